The van der Waals surface area contributed by atoms with E-state index in [1.54, 1.807) is 0 Å². The highest BCUT2D eigenvalue weighted by molar-refractivity contribution is 6.35. The molecule has 18 heavy (non-hydrogen) atoms. The van der Waals surface area contributed by atoms with Crippen molar-refractivity contribution in [2.45, 2.75) is 40.0 Å². The molecule has 1 aromatic carbocycles. The topological polar surface area (TPSA) is 12.0 Å². The van der Waals surface area contributed by atoms with Crippen LogP contribution in [0.2, 0.25) is 10.0 Å². The summed E-state index contributed by atoms with van der Waals surface area (Å²) in [6.07, 6.45) is 3.30. The minimum absolute atomic E-state index is 0.285. The van der Waals surface area contributed by atoms with E-state index in [1.165, 1.54) is 5.56 Å². The molecule has 0 spiro atoms. The molecule has 1 aromatic rings. The number of halogens is 2. The third-order valence-corrected chi connectivity index (χ3v) is 4.42. The molecule has 0 aliphatic carbocycles. The molecule has 0 heterocycles. The number of hydrogen-bond acceptors (Lipinski definition) is 1. The third kappa shape index (κ3) is 4.15. The minimum atomic E-state index is 0.285. The van der Waals surface area contributed by atoms with Crippen LogP contribution in [0.4, 0.5) is 0 Å². The summed E-state index contributed by atoms with van der Waals surface area (Å²) in [5.74, 6) is 0. The molecule has 1 N–H and O–H groups in total. The lowest BCUT2D eigenvalue weighted by atomic mass is 9.77. The zero-order chi connectivity index (χ0) is 13.6. The summed E-state index contributed by atoms with van der Waals surface area (Å²) in [5, 5.41) is 4.96. The average Bonchev–Trinajstić information content (AvgIpc) is 2.37. The Morgan fingerprint density at radius 3 is 2.28 bits per heavy atom. The molecular weight excluding hydrogens is 265 g/mol. The maximum Gasteiger partial charge on any atom is 0.0453 e. The van der Waals surface area contributed by atoms with E-state index in [9.17, 15) is 0 Å². The Kier molecular flexibility index (Phi) is 6.48. The van der Waals surface area contributed by atoms with E-state index in [0.29, 0.717) is 5.02 Å². The molecule has 1 nitrogen and oxygen atoms in total. The standard InChI is InChI=1S/C15H23Cl2N/c1-4-15(5-2,11-18-6-3)10-12-7-8-13(16)9-14(12)17/h7-9,18H,4-6,10-11H2,1-3H3. The molecule has 0 unspecified atom stereocenters. The lowest BCUT2D eigenvalue weighted by molar-refractivity contribution is 0.248. The predicted molar refractivity (Wildman–Crippen MR) is 81.7 cm³/mol. The Hall–Kier alpha value is -0.240. The largest absolute Gasteiger partial charge is 0.316 e. The van der Waals surface area contributed by atoms with Crippen LogP contribution in [-0.2, 0) is 6.42 Å². The second kappa shape index (κ2) is 7.37. The Labute approximate surface area is 121 Å². The van der Waals surface area contributed by atoms with Gasteiger partial charge >= 0.3 is 0 Å². The second-order valence-electron chi connectivity index (χ2n) is 4.90. The predicted octanol–water partition coefficient (Wildman–Crippen LogP) is 4.95. The van der Waals surface area contributed by atoms with Crippen LogP contribution in [0.5, 0.6) is 0 Å². The van der Waals surface area contributed by atoms with Crippen molar-refractivity contribution in [3.8, 4) is 0 Å². The maximum atomic E-state index is 6.28. The van der Waals surface area contributed by atoms with Crippen LogP contribution >= 0.6 is 23.2 Å². The van der Waals surface area contributed by atoms with Crippen molar-refractivity contribution >= 4 is 23.2 Å². The van der Waals surface area contributed by atoms with Crippen LogP contribution in [0.15, 0.2) is 18.2 Å². The van der Waals surface area contributed by atoms with E-state index in [0.717, 1.165) is 37.4 Å². The van der Waals surface area contributed by atoms with Gasteiger partial charge in [-0.05, 0) is 48.9 Å². The molecule has 0 atom stereocenters. The summed E-state index contributed by atoms with van der Waals surface area (Å²) in [6, 6.07) is 5.81. The molecule has 0 aromatic heterocycles. The van der Waals surface area contributed by atoms with E-state index in [4.69, 9.17) is 23.2 Å². The Balaban J connectivity index is 2.88. The van der Waals surface area contributed by atoms with Gasteiger partial charge in [0.05, 0.1) is 0 Å². The molecule has 102 valence electrons. The van der Waals surface area contributed by atoms with Gasteiger partial charge in [0, 0.05) is 16.6 Å². The Morgan fingerprint density at radius 2 is 1.78 bits per heavy atom. The summed E-state index contributed by atoms with van der Waals surface area (Å²) >= 11 is 12.2. The highest BCUT2D eigenvalue weighted by atomic mass is 35.5. The summed E-state index contributed by atoms with van der Waals surface area (Å²) < 4.78 is 0. The van der Waals surface area contributed by atoms with Gasteiger partial charge in [-0.15, -0.1) is 0 Å². The van der Waals surface area contributed by atoms with Crippen LogP contribution in [0.25, 0.3) is 0 Å². The first-order chi connectivity index (χ1) is 8.56. The molecular formula is C15H23Cl2N. The van der Waals surface area contributed by atoms with Crippen molar-refractivity contribution < 1.29 is 0 Å². The molecule has 0 aliphatic heterocycles. The molecule has 0 aliphatic rings. The first-order valence-electron chi connectivity index (χ1n) is 6.71. The van der Waals surface area contributed by atoms with Crippen LogP contribution < -0.4 is 5.32 Å². The van der Waals surface area contributed by atoms with Gasteiger partial charge in [0.1, 0.15) is 0 Å². The van der Waals surface area contributed by atoms with Gasteiger partial charge in [-0.25, -0.2) is 0 Å². The SMILES string of the molecule is CCNCC(CC)(CC)Cc1ccc(Cl)cc1Cl. The average molecular weight is 288 g/mol. The van der Waals surface area contributed by atoms with Crippen molar-refractivity contribution in [3.63, 3.8) is 0 Å². The Morgan fingerprint density at radius 1 is 1.11 bits per heavy atom. The number of hydrogen-bond donors (Lipinski definition) is 1. The van der Waals surface area contributed by atoms with Gasteiger partial charge < -0.3 is 5.32 Å². The number of benzene rings is 1. The van der Waals surface area contributed by atoms with E-state index < -0.39 is 0 Å². The molecule has 0 saturated carbocycles. The van der Waals surface area contributed by atoms with E-state index >= 15 is 0 Å². The van der Waals surface area contributed by atoms with Gasteiger partial charge in [-0.3, -0.25) is 0 Å². The summed E-state index contributed by atoms with van der Waals surface area (Å²) in [4.78, 5) is 0. The van der Waals surface area contributed by atoms with Crippen LogP contribution in [0, 0.1) is 5.41 Å². The first kappa shape index (κ1) is 15.8. The normalized spacial score (nSPS) is 11.8. The molecule has 1 rings (SSSR count). The van der Waals surface area contributed by atoms with Crippen LogP contribution in [-0.4, -0.2) is 13.1 Å². The van der Waals surface area contributed by atoms with Crippen molar-refractivity contribution in [3.05, 3.63) is 33.8 Å². The highest BCUT2D eigenvalue weighted by Crippen LogP contribution is 2.33. The van der Waals surface area contributed by atoms with Crippen molar-refractivity contribution in [1.29, 1.82) is 0 Å². The van der Waals surface area contributed by atoms with Crippen molar-refractivity contribution in [2.75, 3.05) is 13.1 Å². The summed E-state index contributed by atoms with van der Waals surface area (Å²) in [7, 11) is 0. The number of nitrogens with one attached hydrogen (secondary N) is 1. The van der Waals surface area contributed by atoms with Crippen molar-refractivity contribution in [1.82, 2.24) is 5.32 Å². The fourth-order valence-electron chi connectivity index (χ4n) is 2.27. The van der Waals surface area contributed by atoms with E-state index in [1.807, 2.05) is 12.1 Å². The van der Waals surface area contributed by atoms with Gasteiger partial charge in [-0.1, -0.05) is 50.0 Å². The fourth-order valence-corrected chi connectivity index (χ4v) is 2.75. The zero-order valence-corrected chi connectivity index (χ0v) is 13.0. The quantitative estimate of drug-likeness (QED) is 0.748. The van der Waals surface area contributed by atoms with E-state index in [2.05, 4.69) is 32.2 Å². The Bertz CT molecular complexity index is 373. The van der Waals surface area contributed by atoms with E-state index in [-0.39, 0.29) is 5.41 Å². The minimum Gasteiger partial charge on any atom is -0.316 e. The lowest BCUT2D eigenvalue weighted by Gasteiger charge is -2.32. The molecule has 0 fully saturated rings. The molecule has 0 saturated heterocycles. The van der Waals surface area contributed by atoms with Gasteiger partial charge in [-0.2, -0.15) is 0 Å². The zero-order valence-electron chi connectivity index (χ0n) is 11.5. The van der Waals surface area contributed by atoms with Crippen LogP contribution in [0.1, 0.15) is 39.2 Å². The lowest BCUT2D eigenvalue weighted by Crippen LogP contribution is -2.35. The van der Waals surface area contributed by atoms with Crippen molar-refractivity contribution in [2.24, 2.45) is 5.41 Å². The molecule has 0 radical (unpaired) electrons. The van der Waals surface area contributed by atoms with Gasteiger partial charge in [0.15, 0.2) is 0 Å². The van der Waals surface area contributed by atoms with Crippen LogP contribution in [0.3, 0.4) is 0 Å². The maximum absolute atomic E-state index is 6.28. The number of rotatable bonds is 7. The molecule has 0 bridgehead atoms. The highest BCUT2D eigenvalue weighted by Gasteiger charge is 2.26. The summed E-state index contributed by atoms with van der Waals surface area (Å²) in [6.45, 7) is 8.70. The monoisotopic (exact) mass is 287 g/mol. The fraction of sp³-hybridized carbons (Fsp3) is 0.600. The van der Waals surface area contributed by atoms with Gasteiger partial charge in [0.25, 0.3) is 0 Å². The molecule has 0 amide bonds. The summed E-state index contributed by atoms with van der Waals surface area (Å²) in [5.41, 5.74) is 1.48. The first-order valence-corrected chi connectivity index (χ1v) is 7.47. The van der Waals surface area contributed by atoms with Gasteiger partial charge in [0.2, 0.25) is 0 Å². The third-order valence-electron chi connectivity index (χ3n) is 3.83. The molecule has 3 heteroatoms. The smallest absolute Gasteiger partial charge is 0.0453 e. The second-order valence-corrected chi connectivity index (χ2v) is 5.74.